The maximum absolute atomic E-state index is 4.70. The lowest BCUT2D eigenvalue weighted by molar-refractivity contribution is 0.687. The second kappa shape index (κ2) is 6.84. The normalized spacial score (nSPS) is 13.5. The van der Waals surface area contributed by atoms with Crippen LogP contribution in [0.25, 0.3) is 5.65 Å². The van der Waals surface area contributed by atoms with Gasteiger partial charge in [-0.05, 0) is 41.4 Å². The molecule has 6 nitrogen and oxygen atoms in total. The van der Waals surface area contributed by atoms with Crippen LogP contribution in [0.3, 0.4) is 0 Å². The summed E-state index contributed by atoms with van der Waals surface area (Å²) in [5.74, 6) is 0.996. The molecule has 0 bridgehead atoms. The Labute approximate surface area is 150 Å². The van der Waals surface area contributed by atoms with Gasteiger partial charge in [-0.25, -0.2) is 0 Å². The van der Waals surface area contributed by atoms with E-state index < -0.39 is 0 Å². The Morgan fingerprint density at radius 3 is 2.75 bits per heavy atom. The summed E-state index contributed by atoms with van der Waals surface area (Å²) in [6.07, 6.45) is 4.45. The minimum Gasteiger partial charge on any atom is -0.350 e. The summed E-state index contributed by atoms with van der Waals surface area (Å²) in [4.78, 5) is 6.81. The molecule has 0 radical (unpaired) electrons. The molecular formula is C17H21BrN6. The fraction of sp³-hybridized carbons (Fsp3) is 0.412. The number of hydrogen-bond acceptors (Lipinski definition) is 5. The standard InChI is InChI=1S/C15H15BrN6.C2H6/c1-9-10(2)15(20-22-8-18-19-14(9)22)21-4-3-13-11(7-21)5-12(16)6-17-13;1-2/h5-6,8H,3-4,7H2,1-2H3;1-2H3. The molecule has 4 rings (SSSR count). The first kappa shape index (κ1) is 16.8. The van der Waals surface area contributed by atoms with Crippen LogP contribution >= 0.6 is 15.9 Å². The molecule has 3 aromatic heterocycles. The van der Waals surface area contributed by atoms with Gasteiger partial charge in [-0.15, -0.1) is 15.3 Å². The number of aryl methyl sites for hydroxylation is 1. The Balaban J connectivity index is 0.000000815. The second-order valence-corrected chi connectivity index (χ2v) is 6.52. The van der Waals surface area contributed by atoms with Crippen LogP contribution in [0.4, 0.5) is 5.82 Å². The van der Waals surface area contributed by atoms with Gasteiger partial charge in [0.2, 0.25) is 0 Å². The lowest BCUT2D eigenvalue weighted by Crippen LogP contribution is -2.32. The molecule has 1 aliphatic heterocycles. The van der Waals surface area contributed by atoms with Gasteiger partial charge in [0.15, 0.2) is 11.5 Å². The predicted molar refractivity (Wildman–Crippen MR) is 98.3 cm³/mol. The first-order chi connectivity index (χ1) is 11.6. The summed E-state index contributed by atoms with van der Waals surface area (Å²) < 4.78 is 2.77. The number of pyridine rings is 1. The molecule has 0 saturated carbocycles. The number of fused-ring (bicyclic) bond motifs is 2. The number of hydrogen-bond donors (Lipinski definition) is 0. The van der Waals surface area contributed by atoms with Gasteiger partial charge in [0.05, 0.1) is 0 Å². The topological polar surface area (TPSA) is 59.2 Å². The summed E-state index contributed by atoms with van der Waals surface area (Å²) in [7, 11) is 0. The zero-order chi connectivity index (χ0) is 17.3. The Morgan fingerprint density at radius 2 is 1.96 bits per heavy atom. The lowest BCUT2D eigenvalue weighted by atomic mass is 10.0. The van der Waals surface area contributed by atoms with Crippen LogP contribution in [-0.4, -0.2) is 31.3 Å². The molecule has 126 valence electrons. The highest BCUT2D eigenvalue weighted by atomic mass is 79.9. The maximum atomic E-state index is 4.70. The molecule has 0 N–H and O–H groups in total. The van der Waals surface area contributed by atoms with E-state index in [1.54, 1.807) is 10.8 Å². The highest BCUT2D eigenvalue weighted by Gasteiger charge is 2.22. The van der Waals surface area contributed by atoms with Crippen LogP contribution in [0.2, 0.25) is 0 Å². The third-order valence-electron chi connectivity index (χ3n) is 4.27. The van der Waals surface area contributed by atoms with Crippen molar-refractivity contribution in [2.24, 2.45) is 0 Å². The molecule has 0 atom stereocenters. The molecule has 0 spiro atoms. The van der Waals surface area contributed by atoms with Crippen LogP contribution in [-0.2, 0) is 13.0 Å². The third-order valence-corrected chi connectivity index (χ3v) is 4.71. The van der Waals surface area contributed by atoms with Gasteiger partial charge in [-0.3, -0.25) is 4.98 Å². The molecular weight excluding hydrogens is 368 g/mol. The SMILES string of the molecule is CC.Cc1c(N2CCc3ncc(Br)cc3C2)nn2cnnc2c1C. The Morgan fingerprint density at radius 1 is 1.17 bits per heavy atom. The Bertz CT molecular complexity index is 873. The Kier molecular flexibility index (Phi) is 4.80. The molecule has 0 fully saturated rings. The largest absolute Gasteiger partial charge is 0.350 e. The van der Waals surface area contributed by atoms with Crippen molar-refractivity contribution in [2.45, 2.75) is 40.7 Å². The summed E-state index contributed by atoms with van der Waals surface area (Å²) in [6.45, 7) is 9.91. The van der Waals surface area contributed by atoms with E-state index in [0.29, 0.717) is 0 Å². The average Bonchev–Trinajstić information content (AvgIpc) is 3.08. The number of nitrogens with zero attached hydrogens (tertiary/aromatic N) is 6. The van der Waals surface area contributed by atoms with Gasteiger partial charge in [-0.1, -0.05) is 13.8 Å². The first-order valence-electron chi connectivity index (χ1n) is 8.19. The van der Waals surface area contributed by atoms with Crippen LogP contribution < -0.4 is 4.90 Å². The van der Waals surface area contributed by atoms with E-state index in [-0.39, 0.29) is 0 Å². The van der Waals surface area contributed by atoms with E-state index in [2.05, 4.69) is 55.9 Å². The Hall–Kier alpha value is -2.02. The lowest BCUT2D eigenvalue weighted by Gasteiger charge is -2.30. The van der Waals surface area contributed by atoms with Crippen molar-refractivity contribution in [2.75, 3.05) is 11.4 Å². The van der Waals surface area contributed by atoms with Crippen molar-refractivity contribution in [1.82, 2.24) is 24.8 Å². The third kappa shape index (κ3) is 2.88. The van der Waals surface area contributed by atoms with Crippen LogP contribution in [0, 0.1) is 13.8 Å². The van der Waals surface area contributed by atoms with Crippen LogP contribution in [0.5, 0.6) is 0 Å². The summed E-state index contributed by atoms with van der Waals surface area (Å²) in [5, 5.41) is 12.8. The molecule has 0 amide bonds. The van der Waals surface area contributed by atoms with Crippen molar-refractivity contribution in [3.8, 4) is 0 Å². The predicted octanol–water partition coefficient (Wildman–Crippen LogP) is 3.49. The highest BCUT2D eigenvalue weighted by molar-refractivity contribution is 9.10. The maximum Gasteiger partial charge on any atom is 0.180 e. The molecule has 0 aromatic carbocycles. The van der Waals surface area contributed by atoms with Gasteiger partial charge in [0.1, 0.15) is 6.33 Å². The number of aromatic nitrogens is 5. The van der Waals surface area contributed by atoms with Gasteiger partial charge in [-0.2, -0.15) is 4.52 Å². The van der Waals surface area contributed by atoms with E-state index >= 15 is 0 Å². The van der Waals surface area contributed by atoms with Gasteiger partial charge < -0.3 is 4.90 Å². The van der Waals surface area contributed by atoms with Crippen molar-refractivity contribution < 1.29 is 0 Å². The van der Waals surface area contributed by atoms with Crippen LogP contribution in [0.1, 0.15) is 36.2 Å². The van der Waals surface area contributed by atoms with Gasteiger partial charge in [0.25, 0.3) is 0 Å². The fourth-order valence-electron chi connectivity index (χ4n) is 2.94. The fourth-order valence-corrected chi connectivity index (χ4v) is 3.32. The van der Waals surface area contributed by atoms with E-state index in [1.165, 1.54) is 11.3 Å². The first-order valence-corrected chi connectivity index (χ1v) is 8.98. The molecule has 4 heterocycles. The van der Waals surface area contributed by atoms with E-state index in [4.69, 9.17) is 5.10 Å². The van der Waals surface area contributed by atoms with E-state index in [1.807, 2.05) is 20.0 Å². The van der Waals surface area contributed by atoms with Crippen molar-refractivity contribution in [1.29, 1.82) is 0 Å². The number of halogens is 1. The van der Waals surface area contributed by atoms with Crippen molar-refractivity contribution in [3.63, 3.8) is 0 Å². The number of anilines is 1. The highest BCUT2D eigenvalue weighted by Crippen LogP contribution is 2.28. The molecule has 1 aliphatic rings. The quantitative estimate of drug-likeness (QED) is 0.638. The van der Waals surface area contributed by atoms with Crippen LogP contribution in [0.15, 0.2) is 23.1 Å². The second-order valence-electron chi connectivity index (χ2n) is 5.60. The molecule has 0 saturated heterocycles. The molecule has 7 heteroatoms. The van der Waals surface area contributed by atoms with E-state index in [9.17, 15) is 0 Å². The van der Waals surface area contributed by atoms with E-state index in [0.717, 1.165) is 46.6 Å². The van der Waals surface area contributed by atoms with Gasteiger partial charge in [0, 0.05) is 47.0 Å². The summed E-state index contributed by atoms with van der Waals surface area (Å²) >= 11 is 3.50. The van der Waals surface area contributed by atoms with Gasteiger partial charge >= 0.3 is 0 Å². The molecule has 3 aromatic rings. The smallest absolute Gasteiger partial charge is 0.180 e. The minimum absolute atomic E-state index is 0.822. The summed E-state index contributed by atoms with van der Waals surface area (Å²) in [6, 6.07) is 2.15. The van der Waals surface area contributed by atoms with Crippen molar-refractivity contribution in [3.05, 3.63) is 45.4 Å². The average molecular weight is 389 g/mol. The van der Waals surface area contributed by atoms with Crippen molar-refractivity contribution >= 4 is 27.4 Å². The molecule has 0 unspecified atom stereocenters. The minimum atomic E-state index is 0.822. The molecule has 0 aliphatic carbocycles. The zero-order valence-corrected chi connectivity index (χ0v) is 16.0. The monoisotopic (exact) mass is 388 g/mol. The summed E-state index contributed by atoms with van der Waals surface area (Å²) in [5.41, 5.74) is 5.54. The zero-order valence-electron chi connectivity index (χ0n) is 14.4. The number of rotatable bonds is 1. The molecule has 24 heavy (non-hydrogen) atoms.